The summed E-state index contributed by atoms with van der Waals surface area (Å²) in [7, 11) is 1.50. The first kappa shape index (κ1) is 32.1. The van der Waals surface area contributed by atoms with Crippen LogP contribution in [0, 0.1) is 5.41 Å². The molecule has 4 aromatic rings. The number of imidazole rings is 2. The van der Waals surface area contributed by atoms with E-state index >= 15 is 0 Å². The highest BCUT2D eigenvalue weighted by molar-refractivity contribution is 5.99. The minimum absolute atomic E-state index is 0.0997. The summed E-state index contributed by atoms with van der Waals surface area (Å²) in [4.78, 5) is 47.3. The number of rotatable bonds is 2. The van der Waals surface area contributed by atoms with Crippen LogP contribution in [0.3, 0.4) is 0 Å². The molecule has 0 unspecified atom stereocenters. The topological polar surface area (TPSA) is 222 Å². The van der Waals surface area contributed by atoms with Gasteiger partial charge in [-0.3, -0.25) is 9.59 Å². The number of primary amides is 1. The number of likely N-dealkylation sites (tertiary alicyclic amines) is 1. The number of nitrogens with two attached hydrogens (primary N) is 4. The van der Waals surface area contributed by atoms with Crippen molar-refractivity contribution in [2.24, 2.45) is 16.9 Å². The molecule has 15 heteroatoms. The van der Waals surface area contributed by atoms with Crippen LogP contribution in [-0.4, -0.2) is 81.2 Å². The monoisotopic (exact) mass is 633 g/mol. The molecule has 0 atom stereocenters. The van der Waals surface area contributed by atoms with Crippen molar-refractivity contribution in [3.8, 4) is 11.5 Å². The van der Waals surface area contributed by atoms with E-state index in [-0.39, 0.29) is 43.8 Å². The second-order valence-electron chi connectivity index (χ2n) is 12.3. The maximum Gasteiger partial charge on any atom is 0.410 e. The molecule has 244 valence electrons. The van der Waals surface area contributed by atoms with Gasteiger partial charge in [-0.2, -0.15) is 0 Å². The van der Waals surface area contributed by atoms with Gasteiger partial charge in [-0.1, -0.05) is 12.2 Å². The number of aldehydes is 1. The van der Waals surface area contributed by atoms with Crippen LogP contribution in [0.4, 0.5) is 16.7 Å². The number of benzene rings is 2. The van der Waals surface area contributed by atoms with E-state index in [1.807, 2.05) is 12.2 Å². The summed E-state index contributed by atoms with van der Waals surface area (Å²) in [6.45, 7) is 6.86. The van der Waals surface area contributed by atoms with E-state index in [0.29, 0.717) is 52.2 Å². The Bertz CT molecular complexity index is 1850. The van der Waals surface area contributed by atoms with E-state index in [0.717, 1.165) is 6.29 Å². The number of carbonyl (C=O) groups is 3. The smallest absolute Gasteiger partial charge is 0.410 e. The van der Waals surface area contributed by atoms with Crippen molar-refractivity contribution < 1.29 is 28.6 Å². The van der Waals surface area contributed by atoms with Crippen LogP contribution >= 0.6 is 0 Å². The van der Waals surface area contributed by atoms with E-state index in [1.54, 1.807) is 59.1 Å². The van der Waals surface area contributed by atoms with Crippen LogP contribution in [0.25, 0.3) is 22.1 Å². The number of amides is 2. The lowest BCUT2D eigenvalue weighted by Gasteiger charge is -2.49. The lowest BCUT2D eigenvalue weighted by Crippen LogP contribution is -2.64. The van der Waals surface area contributed by atoms with Gasteiger partial charge in [-0.15, -0.1) is 0 Å². The zero-order valence-corrected chi connectivity index (χ0v) is 26.3. The molecule has 2 amide bonds. The summed E-state index contributed by atoms with van der Waals surface area (Å²) in [5, 5.41) is 0. The summed E-state index contributed by atoms with van der Waals surface area (Å²) < 4.78 is 22.0. The Morgan fingerprint density at radius 2 is 1.41 bits per heavy atom. The number of aromatic nitrogens is 4. The Morgan fingerprint density at radius 3 is 1.91 bits per heavy atom. The first-order valence-corrected chi connectivity index (χ1v) is 14.7. The fourth-order valence-corrected chi connectivity index (χ4v) is 5.58. The summed E-state index contributed by atoms with van der Waals surface area (Å²) in [6.07, 6.45) is 4.08. The van der Waals surface area contributed by atoms with E-state index in [9.17, 15) is 14.4 Å². The highest BCUT2D eigenvalue weighted by Gasteiger charge is 2.48. The predicted molar refractivity (Wildman–Crippen MR) is 173 cm³/mol. The molecular weight excluding hydrogens is 594 g/mol. The number of carbonyl (C=O) groups excluding carboxylic acids is 3. The van der Waals surface area contributed by atoms with E-state index in [1.165, 1.54) is 7.05 Å². The highest BCUT2D eigenvalue weighted by Crippen LogP contribution is 2.38. The molecule has 0 saturated carbocycles. The Balaban J connectivity index is 0.00000204. The van der Waals surface area contributed by atoms with Crippen LogP contribution in [0.1, 0.15) is 41.5 Å². The number of hydrogen-bond acceptors (Lipinski definition) is 11. The van der Waals surface area contributed by atoms with Crippen molar-refractivity contribution in [2.75, 3.05) is 44.8 Å². The quantitative estimate of drug-likeness (QED) is 0.185. The Kier molecular flexibility index (Phi) is 8.54. The first-order valence-electron chi connectivity index (χ1n) is 14.7. The Labute approximate surface area is 265 Å². The molecule has 2 aromatic carbocycles. The third-order valence-corrected chi connectivity index (χ3v) is 7.63. The van der Waals surface area contributed by atoms with Gasteiger partial charge in [0, 0.05) is 37.3 Å². The molecule has 8 N–H and O–H groups in total. The van der Waals surface area contributed by atoms with Gasteiger partial charge in [0.15, 0.2) is 0 Å². The summed E-state index contributed by atoms with van der Waals surface area (Å²) in [5.41, 5.74) is 24.2. The molecule has 0 bridgehead atoms. The van der Waals surface area contributed by atoms with Crippen LogP contribution in [0.15, 0.2) is 36.4 Å². The third kappa shape index (κ3) is 6.13. The van der Waals surface area contributed by atoms with E-state index < -0.39 is 23.0 Å². The van der Waals surface area contributed by atoms with Crippen molar-refractivity contribution in [2.45, 2.75) is 39.5 Å². The van der Waals surface area contributed by atoms with Gasteiger partial charge in [-0.25, -0.2) is 14.8 Å². The molecule has 2 aromatic heterocycles. The molecule has 0 aliphatic carbocycles. The summed E-state index contributed by atoms with van der Waals surface area (Å²) >= 11 is 0. The normalized spacial score (nSPS) is 16.6. The van der Waals surface area contributed by atoms with Gasteiger partial charge in [0.2, 0.25) is 17.8 Å². The van der Waals surface area contributed by atoms with Crippen LogP contribution in [0.5, 0.6) is 11.5 Å². The average Bonchev–Trinajstić information content (AvgIpc) is 3.47. The summed E-state index contributed by atoms with van der Waals surface area (Å²) in [5.74, 6) is 0.637. The van der Waals surface area contributed by atoms with Gasteiger partial charge in [0.25, 0.3) is 0 Å². The molecule has 15 nitrogen and oxygen atoms in total. The second-order valence-corrected chi connectivity index (χ2v) is 12.3. The predicted octanol–water partition coefficient (Wildman–Crippen LogP) is 2.30. The fraction of sp³-hybridized carbons (Fsp3) is 0.387. The van der Waals surface area contributed by atoms with Crippen molar-refractivity contribution in [3.05, 3.63) is 47.5 Å². The Morgan fingerprint density at radius 1 is 0.891 bits per heavy atom. The lowest BCUT2D eigenvalue weighted by atomic mass is 9.81. The van der Waals surface area contributed by atoms with E-state index in [2.05, 4.69) is 15.7 Å². The van der Waals surface area contributed by atoms with Crippen LogP contribution in [-0.2, 0) is 17.8 Å². The molecule has 46 heavy (non-hydrogen) atoms. The van der Waals surface area contributed by atoms with Gasteiger partial charge in [0.1, 0.15) is 47.6 Å². The average molecular weight is 634 g/mol. The van der Waals surface area contributed by atoms with Gasteiger partial charge in [-0.05, 0) is 52.1 Å². The highest BCUT2D eigenvalue weighted by atomic mass is 16.6. The molecule has 0 radical (unpaired) electrons. The van der Waals surface area contributed by atoms with Crippen LogP contribution < -0.4 is 32.4 Å². The minimum Gasteiger partial charge on any atom is -0.490 e. The maximum atomic E-state index is 12.9. The molecule has 1 spiro atoms. The van der Waals surface area contributed by atoms with E-state index in [4.69, 9.17) is 31.4 Å². The van der Waals surface area contributed by atoms with Gasteiger partial charge < -0.3 is 51.2 Å². The SMILES string of the molecule is CC(C)(C)OC(=O)N1CC2(COc3cc(C=O)cc4nc(N)n(c34)C/C=C/Cn3c(N)nc4cc(C(N)=O)cc(c43)OC2)C1.CN. The largest absolute Gasteiger partial charge is 0.490 e. The van der Waals surface area contributed by atoms with Crippen molar-refractivity contribution in [1.82, 2.24) is 24.0 Å². The number of ether oxygens (including phenoxy) is 3. The zero-order chi connectivity index (χ0) is 33.4. The third-order valence-electron chi connectivity index (χ3n) is 7.63. The second kappa shape index (κ2) is 12.2. The summed E-state index contributed by atoms with van der Waals surface area (Å²) in [6, 6.07) is 6.44. The minimum atomic E-state index is -0.694. The fourth-order valence-electron chi connectivity index (χ4n) is 5.58. The molecule has 2 aliphatic rings. The van der Waals surface area contributed by atoms with Gasteiger partial charge >= 0.3 is 6.09 Å². The standard InChI is InChI=1S/C30H34N8O6.CH5N/c1-29(2,3)44-28(41)36-13-30(14-36)15-42-21-9-17(12-39)8-19-23(21)37(26(32)34-19)6-4-5-7-38-24-20(35-27(38)33)10-18(25(31)40)11-22(24)43-16-30;1-2/h4-5,8-12H,6-7,13-16H2,1-3H3,(H2,31,40)(H2,32,34)(H2,33,35);2H2,1H3/b5-4+;. The number of nitrogens with zero attached hydrogens (tertiary/aromatic N) is 5. The molecule has 4 heterocycles. The van der Waals surface area contributed by atoms with Crippen molar-refractivity contribution in [3.63, 3.8) is 0 Å². The lowest BCUT2D eigenvalue weighted by molar-refractivity contribution is -0.0692. The molecule has 2 aliphatic heterocycles. The maximum absolute atomic E-state index is 12.9. The zero-order valence-electron chi connectivity index (χ0n) is 26.3. The Hall–Kier alpha value is -5.31. The molecule has 1 saturated heterocycles. The number of anilines is 2. The van der Waals surface area contributed by atoms with Crippen molar-refractivity contribution in [1.29, 1.82) is 0 Å². The van der Waals surface area contributed by atoms with Crippen molar-refractivity contribution >= 4 is 52.3 Å². The van der Waals surface area contributed by atoms with Gasteiger partial charge in [0.05, 0.1) is 16.4 Å². The number of hydrogen-bond donors (Lipinski definition) is 4. The molecule has 1 fully saturated rings. The number of allylic oxidation sites excluding steroid dienone is 2. The molecule has 6 rings (SSSR count). The molecular formula is C31H39N9O6. The first-order chi connectivity index (χ1) is 21.9. The number of nitrogen functional groups attached to an aromatic ring is 2. The van der Waals surface area contributed by atoms with Crippen LogP contribution in [0.2, 0.25) is 0 Å².